The summed E-state index contributed by atoms with van der Waals surface area (Å²) in [6, 6.07) is -3.83. The number of hydrogen-bond donors (Lipinski definition) is 6. The smallest absolute Gasteiger partial charge is 0.326 e. The average Bonchev–Trinajstić information content (AvgIpc) is 3.21. The van der Waals surface area contributed by atoms with E-state index in [0.717, 1.165) is 0 Å². The van der Waals surface area contributed by atoms with E-state index >= 15 is 0 Å². The van der Waals surface area contributed by atoms with Crippen molar-refractivity contribution in [3.8, 4) is 0 Å². The summed E-state index contributed by atoms with van der Waals surface area (Å²) in [6.07, 6.45) is 5.28. The second kappa shape index (κ2) is 13.0. The summed E-state index contributed by atoms with van der Waals surface area (Å²) in [5.41, 5.74) is 6.35. The van der Waals surface area contributed by atoms with E-state index in [2.05, 4.69) is 25.9 Å². The summed E-state index contributed by atoms with van der Waals surface area (Å²) in [4.78, 5) is 55.5. The van der Waals surface area contributed by atoms with Crippen molar-refractivity contribution in [2.45, 2.75) is 57.8 Å². The van der Waals surface area contributed by atoms with Gasteiger partial charge in [-0.25, -0.2) is 9.78 Å². The highest BCUT2D eigenvalue weighted by Gasteiger charge is 2.30. The van der Waals surface area contributed by atoms with Gasteiger partial charge in [-0.15, -0.1) is 0 Å². The van der Waals surface area contributed by atoms with E-state index in [1.807, 2.05) is 6.26 Å². The van der Waals surface area contributed by atoms with Gasteiger partial charge in [0.05, 0.1) is 12.4 Å². The number of carbonyl (C=O) groups is 4. The number of aliphatic carboxylic acids is 1. The van der Waals surface area contributed by atoms with E-state index in [0.29, 0.717) is 17.9 Å². The third-order valence-corrected chi connectivity index (χ3v) is 5.21. The third-order valence-electron chi connectivity index (χ3n) is 4.56. The van der Waals surface area contributed by atoms with Crippen molar-refractivity contribution < 1.29 is 24.3 Å². The maximum atomic E-state index is 12.7. The van der Waals surface area contributed by atoms with Crippen molar-refractivity contribution in [3.63, 3.8) is 0 Å². The Hall–Kier alpha value is -2.60. The van der Waals surface area contributed by atoms with Gasteiger partial charge in [-0.1, -0.05) is 13.8 Å². The zero-order chi connectivity index (χ0) is 23.6. The molecule has 12 heteroatoms. The van der Waals surface area contributed by atoms with Gasteiger partial charge in [0.15, 0.2) is 0 Å². The Morgan fingerprint density at radius 1 is 1.13 bits per heavy atom. The number of thioether (sulfide) groups is 1. The summed E-state index contributed by atoms with van der Waals surface area (Å²) >= 11 is 1.56. The standard InChI is InChI=1S/C19H32N6O5S/c1-10(2)15(18(28)24-14(19(29)30)7-12-8-21-9-22-12)25-16(26)11(3)23-17(27)13(20)5-6-31-4/h8-11,13-15H,5-7,20H2,1-4H3,(H,21,22)(H,23,27)(H,24,28)(H,25,26)(H,29,30). The van der Waals surface area contributed by atoms with Crippen molar-refractivity contribution in [1.29, 1.82) is 0 Å². The van der Waals surface area contributed by atoms with Gasteiger partial charge in [0.25, 0.3) is 0 Å². The van der Waals surface area contributed by atoms with Gasteiger partial charge >= 0.3 is 5.97 Å². The first-order valence-electron chi connectivity index (χ1n) is 9.92. The summed E-state index contributed by atoms with van der Waals surface area (Å²) in [7, 11) is 0. The van der Waals surface area contributed by atoms with Crippen LogP contribution in [-0.4, -0.2) is 74.9 Å². The number of carboxylic acid groups (broad SMARTS) is 1. The number of nitrogens with two attached hydrogens (primary N) is 1. The second-order valence-electron chi connectivity index (χ2n) is 7.53. The predicted molar refractivity (Wildman–Crippen MR) is 117 cm³/mol. The summed E-state index contributed by atoms with van der Waals surface area (Å²) in [5, 5.41) is 17.0. The average molecular weight is 457 g/mol. The molecule has 1 aromatic heterocycles. The normalized spacial score (nSPS) is 14.9. The van der Waals surface area contributed by atoms with Crippen LogP contribution in [0.2, 0.25) is 0 Å². The van der Waals surface area contributed by atoms with Gasteiger partial charge in [-0.3, -0.25) is 14.4 Å². The summed E-state index contributed by atoms with van der Waals surface area (Å²) in [6.45, 7) is 4.93. The SMILES string of the molecule is CSCCC(N)C(=O)NC(C)C(=O)NC(C(=O)NC(Cc1cnc[nH]1)C(=O)O)C(C)C. The topological polar surface area (TPSA) is 179 Å². The molecule has 1 aromatic rings. The molecule has 1 heterocycles. The minimum absolute atomic E-state index is 0.0141. The van der Waals surface area contributed by atoms with Crippen LogP contribution in [0.25, 0.3) is 0 Å². The minimum Gasteiger partial charge on any atom is -0.480 e. The molecule has 4 atom stereocenters. The van der Waals surface area contributed by atoms with E-state index in [4.69, 9.17) is 5.73 Å². The Bertz CT molecular complexity index is 742. The highest BCUT2D eigenvalue weighted by atomic mass is 32.2. The van der Waals surface area contributed by atoms with Crippen LogP contribution in [0.4, 0.5) is 0 Å². The van der Waals surface area contributed by atoms with Crippen LogP contribution in [0.3, 0.4) is 0 Å². The van der Waals surface area contributed by atoms with E-state index in [1.54, 1.807) is 25.6 Å². The molecule has 31 heavy (non-hydrogen) atoms. The molecule has 0 spiro atoms. The Balaban J connectivity index is 2.72. The zero-order valence-corrected chi connectivity index (χ0v) is 19.0. The molecule has 174 valence electrons. The van der Waals surface area contributed by atoms with Crippen molar-refractivity contribution in [2.75, 3.05) is 12.0 Å². The molecule has 0 aliphatic rings. The molecule has 1 rings (SSSR count). The number of nitrogens with zero attached hydrogens (tertiary/aromatic N) is 1. The van der Waals surface area contributed by atoms with Crippen LogP contribution < -0.4 is 21.7 Å². The fourth-order valence-corrected chi connectivity index (χ4v) is 3.14. The van der Waals surface area contributed by atoms with Crippen LogP contribution in [0, 0.1) is 5.92 Å². The number of nitrogens with one attached hydrogen (secondary N) is 4. The molecule has 3 amide bonds. The van der Waals surface area contributed by atoms with Crippen LogP contribution >= 0.6 is 11.8 Å². The summed E-state index contributed by atoms with van der Waals surface area (Å²) in [5.74, 6) is -2.47. The van der Waals surface area contributed by atoms with Crippen LogP contribution in [0.15, 0.2) is 12.5 Å². The quantitative estimate of drug-likeness (QED) is 0.224. The number of amides is 3. The van der Waals surface area contributed by atoms with E-state index in [1.165, 1.54) is 19.4 Å². The number of imidazole rings is 1. The zero-order valence-electron chi connectivity index (χ0n) is 18.2. The van der Waals surface area contributed by atoms with Crippen LogP contribution in [0.5, 0.6) is 0 Å². The van der Waals surface area contributed by atoms with Gasteiger partial charge in [0.2, 0.25) is 17.7 Å². The van der Waals surface area contributed by atoms with Gasteiger partial charge in [0.1, 0.15) is 18.1 Å². The molecule has 0 aliphatic carbocycles. The van der Waals surface area contributed by atoms with Crippen molar-refractivity contribution >= 4 is 35.5 Å². The largest absolute Gasteiger partial charge is 0.480 e. The van der Waals surface area contributed by atoms with Gasteiger partial charge < -0.3 is 31.8 Å². The number of hydrogen-bond acceptors (Lipinski definition) is 7. The van der Waals surface area contributed by atoms with Gasteiger partial charge in [-0.2, -0.15) is 11.8 Å². The Morgan fingerprint density at radius 2 is 1.81 bits per heavy atom. The monoisotopic (exact) mass is 456 g/mol. The Kier molecular flexibility index (Phi) is 11.0. The molecule has 7 N–H and O–H groups in total. The van der Waals surface area contributed by atoms with Crippen molar-refractivity contribution in [1.82, 2.24) is 25.9 Å². The first-order chi connectivity index (χ1) is 14.6. The molecule has 0 saturated heterocycles. The second-order valence-corrected chi connectivity index (χ2v) is 8.51. The molecule has 11 nitrogen and oxygen atoms in total. The molecule has 0 radical (unpaired) electrons. The number of rotatable bonds is 13. The first kappa shape index (κ1) is 26.4. The maximum absolute atomic E-state index is 12.7. The fraction of sp³-hybridized carbons (Fsp3) is 0.632. The number of aromatic nitrogens is 2. The van der Waals surface area contributed by atoms with E-state index in [9.17, 15) is 24.3 Å². The lowest BCUT2D eigenvalue weighted by molar-refractivity contribution is -0.142. The number of aromatic amines is 1. The van der Waals surface area contributed by atoms with Crippen molar-refractivity contribution in [3.05, 3.63) is 18.2 Å². The lowest BCUT2D eigenvalue weighted by Crippen LogP contribution is -2.58. The van der Waals surface area contributed by atoms with Gasteiger partial charge in [0, 0.05) is 18.3 Å². The predicted octanol–water partition coefficient (Wildman–Crippen LogP) is -0.752. The van der Waals surface area contributed by atoms with Crippen LogP contribution in [-0.2, 0) is 25.6 Å². The van der Waals surface area contributed by atoms with E-state index in [-0.39, 0.29) is 12.3 Å². The maximum Gasteiger partial charge on any atom is 0.326 e. The molecule has 0 bridgehead atoms. The molecular weight excluding hydrogens is 424 g/mol. The molecule has 0 saturated carbocycles. The van der Waals surface area contributed by atoms with Crippen molar-refractivity contribution in [2.24, 2.45) is 11.7 Å². The molecule has 0 aliphatic heterocycles. The van der Waals surface area contributed by atoms with Gasteiger partial charge in [-0.05, 0) is 31.3 Å². The van der Waals surface area contributed by atoms with Crippen LogP contribution in [0.1, 0.15) is 32.9 Å². The molecule has 0 aromatic carbocycles. The highest BCUT2D eigenvalue weighted by molar-refractivity contribution is 7.98. The fourth-order valence-electron chi connectivity index (χ4n) is 2.65. The highest BCUT2D eigenvalue weighted by Crippen LogP contribution is 2.06. The third kappa shape index (κ3) is 8.97. The number of carbonyl (C=O) groups excluding carboxylic acids is 3. The Morgan fingerprint density at radius 3 is 2.32 bits per heavy atom. The lowest BCUT2D eigenvalue weighted by Gasteiger charge is -2.26. The molecular formula is C19H32N6O5S. The molecule has 0 fully saturated rings. The first-order valence-corrected chi connectivity index (χ1v) is 11.3. The Labute approximate surface area is 185 Å². The lowest BCUT2D eigenvalue weighted by atomic mass is 10.0. The van der Waals surface area contributed by atoms with E-state index < -0.39 is 47.9 Å². The summed E-state index contributed by atoms with van der Waals surface area (Å²) < 4.78 is 0. The number of H-pyrrole nitrogens is 1. The minimum atomic E-state index is -1.21. The molecule has 4 unspecified atom stereocenters. The number of carboxylic acids is 1.